The van der Waals surface area contributed by atoms with Crippen LogP contribution in [0.15, 0.2) is 22.7 Å². The van der Waals surface area contributed by atoms with Gasteiger partial charge in [0.1, 0.15) is 0 Å². The van der Waals surface area contributed by atoms with Gasteiger partial charge in [-0.15, -0.1) is 11.3 Å². The van der Waals surface area contributed by atoms with E-state index in [0.29, 0.717) is 0 Å². The van der Waals surface area contributed by atoms with Crippen LogP contribution in [0.3, 0.4) is 0 Å². The SMILES string of the molecule is Cc1sc2cc(CCO)ccc2c1Br. The molecular formula is C11H11BrOS. The summed E-state index contributed by atoms with van der Waals surface area (Å²) in [6.07, 6.45) is 0.741. The molecule has 74 valence electrons. The van der Waals surface area contributed by atoms with E-state index in [1.165, 1.54) is 25.0 Å². The van der Waals surface area contributed by atoms with Crippen molar-refractivity contribution in [2.24, 2.45) is 0 Å². The van der Waals surface area contributed by atoms with Gasteiger partial charge in [0, 0.05) is 26.0 Å². The minimum absolute atomic E-state index is 0.219. The van der Waals surface area contributed by atoms with Crippen LogP contribution >= 0.6 is 27.3 Å². The van der Waals surface area contributed by atoms with E-state index in [9.17, 15) is 0 Å². The highest BCUT2D eigenvalue weighted by atomic mass is 79.9. The minimum atomic E-state index is 0.219. The topological polar surface area (TPSA) is 20.2 Å². The van der Waals surface area contributed by atoms with E-state index >= 15 is 0 Å². The van der Waals surface area contributed by atoms with E-state index in [-0.39, 0.29) is 6.61 Å². The molecule has 1 aromatic heterocycles. The van der Waals surface area contributed by atoms with Crippen molar-refractivity contribution in [3.63, 3.8) is 0 Å². The fraction of sp³-hybridized carbons (Fsp3) is 0.273. The van der Waals surface area contributed by atoms with Gasteiger partial charge in [-0.2, -0.15) is 0 Å². The maximum Gasteiger partial charge on any atom is 0.0471 e. The summed E-state index contributed by atoms with van der Waals surface area (Å²) in [4.78, 5) is 1.31. The molecule has 0 radical (unpaired) electrons. The zero-order valence-corrected chi connectivity index (χ0v) is 10.3. The average Bonchev–Trinajstić information content (AvgIpc) is 2.43. The summed E-state index contributed by atoms with van der Waals surface area (Å²) in [7, 11) is 0. The van der Waals surface area contributed by atoms with E-state index in [4.69, 9.17) is 5.11 Å². The first-order chi connectivity index (χ1) is 6.72. The van der Waals surface area contributed by atoms with Crippen molar-refractivity contribution in [1.82, 2.24) is 0 Å². The van der Waals surface area contributed by atoms with E-state index in [0.717, 1.165) is 6.42 Å². The lowest BCUT2D eigenvalue weighted by Gasteiger charge is -1.97. The summed E-state index contributed by atoms with van der Waals surface area (Å²) in [5.74, 6) is 0. The largest absolute Gasteiger partial charge is 0.396 e. The predicted molar refractivity (Wildman–Crippen MR) is 65.1 cm³/mol. The highest BCUT2D eigenvalue weighted by molar-refractivity contribution is 9.10. The zero-order chi connectivity index (χ0) is 10.1. The molecule has 0 unspecified atom stereocenters. The Hall–Kier alpha value is -0.380. The third-order valence-electron chi connectivity index (χ3n) is 2.26. The van der Waals surface area contributed by atoms with Crippen molar-refractivity contribution in [1.29, 1.82) is 0 Å². The molecule has 1 aromatic carbocycles. The average molecular weight is 271 g/mol. The Morgan fingerprint density at radius 2 is 2.21 bits per heavy atom. The second kappa shape index (κ2) is 4.01. The molecule has 0 aliphatic carbocycles. The molecule has 1 heterocycles. The number of rotatable bonds is 2. The first-order valence-corrected chi connectivity index (χ1v) is 6.11. The number of fused-ring (bicyclic) bond motifs is 1. The molecular weight excluding hydrogens is 260 g/mol. The van der Waals surface area contributed by atoms with E-state index in [1.807, 2.05) is 0 Å². The normalized spacial score (nSPS) is 11.1. The van der Waals surface area contributed by atoms with Gasteiger partial charge in [0.15, 0.2) is 0 Å². The van der Waals surface area contributed by atoms with Gasteiger partial charge in [-0.3, -0.25) is 0 Å². The van der Waals surface area contributed by atoms with E-state index in [1.54, 1.807) is 11.3 Å². The van der Waals surface area contributed by atoms with Crippen molar-refractivity contribution < 1.29 is 5.11 Å². The summed E-state index contributed by atoms with van der Waals surface area (Å²) in [5, 5.41) is 10.1. The van der Waals surface area contributed by atoms with Gasteiger partial charge >= 0.3 is 0 Å². The lowest BCUT2D eigenvalue weighted by atomic mass is 10.1. The molecule has 1 N–H and O–H groups in total. The fourth-order valence-corrected chi connectivity index (χ4v) is 3.26. The molecule has 0 amide bonds. The molecule has 14 heavy (non-hydrogen) atoms. The van der Waals surface area contributed by atoms with E-state index in [2.05, 4.69) is 41.1 Å². The van der Waals surface area contributed by atoms with Gasteiger partial charge in [-0.05, 0) is 40.9 Å². The number of hydrogen-bond acceptors (Lipinski definition) is 2. The number of benzene rings is 1. The second-order valence-corrected chi connectivity index (χ2v) is 5.33. The maximum atomic E-state index is 8.85. The molecule has 0 spiro atoms. The molecule has 0 fully saturated rings. The van der Waals surface area contributed by atoms with Crippen LogP contribution < -0.4 is 0 Å². The van der Waals surface area contributed by atoms with Crippen LogP contribution in [0, 0.1) is 6.92 Å². The van der Waals surface area contributed by atoms with Crippen molar-refractivity contribution in [2.45, 2.75) is 13.3 Å². The standard InChI is InChI=1S/C11H11BrOS/c1-7-11(12)9-3-2-8(4-5-13)6-10(9)14-7/h2-3,6,13H,4-5H2,1H3. The number of aryl methyl sites for hydroxylation is 1. The molecule has 2 rings (SSSR count). The number of halogens is 1. The van der Waals surface area contributed by atoms with Gasteiger partial charge in [-0.25, -0.2) is 0 Å². The Balaban J connectivity index is 2.56. The Kier molecular flexibility index (Phi) is 2.91. The van der Waals surface area contributed by atoms with Gasteiger partial charge in [0.25, 0.3) is 0 Å². The van der Waals surface area contributed by atoms with Crippen molar-refractivity contribution >= 4 is 37.4 Å². The van der Waals surface area contributed by atoms with Crippen LogP contribution in [0.25, 0.3) is 10.1 Å². The summed E-state index contributed by atoms with van der Waals surface area (Å²) < 4.78 is 2.49. The van der Waals surface area contributed by atoms with Crippen molar-refractivity contribution in [3.8, 4) is 0 Å². The van der Waals surface area contributed by atoms with Crippen LogP contribution in [0.4, 0.5) is 0 Å². The molecule has 0 saturated heterocycles. The number of hydrogen-bond donors (Lipinski definition) is 1. The summed E-state index contributed by atoms with van der Waals surface area (Å²) in [6.45, 7) is 2.33. The van der Waals surface area contributed by atoms with Gasteiger partial charge in [0.05, 0.1) is 0 Å². The van der Waals surface area contributed by atoms with Crippen molar-refractivity contribution in [3.05, 3.63) is 33.1 Å². The molecule has 0 atom stereocenters. The molecule has 0 aliphatic heterocycles. The molecule has 0 bridgehead atoms. The number of aliphatic hydroxyl groups is 1. The van der Waals surface area contributed by atoms with Crippen LogP contribution in [-0.4, -0.2) is 11.7 Å². The molecule has 3 heteroatoms. The van der Waals surface area contributed by atoms with Gasteiger partial charge in [-0.1, -0.05) is 12.1 Å². The molecule has 0 aliphatic rings. The van der Waals surface area contributed by atoms with Gasteiger partial charge < -0.3 is 5.11 Å². The van der Waals surface area contributed by atoms with Crippen molar-refractivity contribution in [2.75, 3.05) is 6.61 Å². The Bertz CT molecular complexity index is 462. The third kappa shape index (κ3) is 1.72. The Labute approximate surface area is 95.5 Å². The first kappa shape index (κ1) is 10.1. The fourth-order valence-electron chi connectivity index (χ4n) is 1.52. The van der Waals surface area contributed by atoms with E-state index < -0.39 is 0 Å². The Morgan fingerprint density at radius 1 is 1.43 bits per heavy atom. The summed E-state index contributed by atoms with van der Waals surface area (Å²) >= 11 is 5.37. The second-order valence-electron chi connectivity index (χ2n) is 3.28. The lowest BCUT2D eigenvalue weighted by Crippen LogP contribution is -1.88. The smallest absolute Gasteiger partial charge is 0.0471 e. The molecule has 2 aromatic rings. The molecule has 1 nitrogen and oxygen atoms in total. The minimum Gasteiger partial charge on any atom is -0.396 e. The summed E-state index contributed by atoms with van der Waals surface area (Å²) in [5.41, 5.74) is 1.20. The zero-order valence-electron chi connectivity index (χ0n) is 7.88. The number of aliphatic hydroxyl groups excluding tert-OH is 1. The van der Waals surface area contributed by atoms with Crippen LogP contribution in [0.5, 0.6) is 0 Å². The first-order valence-electron chi connectivity index (χ1n) is 4.51. The highest BCUT2D eigenvalue weighted by Gasteiger charge is 2.06. The third-order valence-corrected chi connectivity index (χ3v) is 4.61. The Morgan fingerprint density at radius 3 is 2.93 bits per heavy atom. The summed E-state index contributed by atoms with van der Waals surface area (Å²) in [6, 6.07) is 6.36. The molecule has 0 saturated carbocycles. The number of thiophene rings is 1. The monoisotopic (exact) mass is 270 g/mol. The highest BCUT2D eigenvalue weighted by Crippen LogP contribution is 2.35. The van der Waals surface area contributed by atoms with Gasteiger partial charge in [0.2, 0.25) is 0 Å². The lowest BCUT2D eigenvalue weighted by molar-refractivity contribution is 0.299. The van der Waals surface area contributed by atoms with Crippen LogP contribution in [-0.2, 0) is 6.42 Å². The maximum absolute atomic E-state index is 8.85. The predicted octanol–water partition coefficient (Wildman–Crippen LogP) is 3.51. The van der Waals surface area contributed by atoms with Crippen LogP contribution in [0.1, 0.15) is 10.4 Å². The quantitative estimate of drug-likeness (QED) is 0.886. The van der Waals surface area contributed by atoms with Crippen LogP contribution in [0.2, 0.25) is 0 Å².